The van der Waals surface area contributed by atoms with Crippen LogP contribution in [0.3, 0.4) is 0 Å². The molecule has 0 fully saturated rings. The Morgan fingerprint density at radius 1 is 1.35 bits per heavy atom. The van der Waals surface area contributed by atoms with Gasteiger partial charge in [0.1, 0.15) is 5.76 Å². The van der Waals surface area contributed by atoms with E-state index in [1.807, 2.05) is 23.6 Å². The summed E-state index contributed by atoms with van der Waals surface area (Å²) >= 11 is 1.48. The Hall–Kier alpha value is -2.48. The Kier molecular flexibility index (Phi) is 4.52. The van der Waals surface area contributed by atoms with Crippen molar-refractivity contribution in [1.29, 1.82) is 0 Å². The molecule has 0 aliphatic carbocycles. The molecule has 3 rings (SSSR count). The topological polar surface area (TPSA) is 83.3 Å². The highest BCUT2D eigenvalue weighted by Crippen LogP contribution is 2.27. The van der Waals surface area contributed by atoms with Crippen LogP contribution in [0.15, 0.2) is 44.5 Å². The van der Waals surface area contributed by atoms with Crippen LogP contribution in [0.2, 0.25) is 0 Å². The molecule has 3 aromatic heterocycles. The second kappa shape index (κ2) is 6.74. The number of carbonyl (C=O) groups excluding carboxylic acids is 1. The first kappa shape index (κ1) is 15.4. The van der Waals surface area contributed by atoms with E-state index < -0.39 is 5.97 Å². The minimum atomic E-state index is -0.488. The molecule has 3 aromatic rings. The summed E-state index contributed by atoms with van der Waals surface area (Å²) in [6.45, 7) is 2.74. The zero-order valence-corrected chi connectivity index (χ0v) is 13.5. The quantitative estimate of drug-likeness (QED) is 0.506. The lowest BCUT2D eigenvalue weighted by atomic mass is 10.4. The molecule has 0 bridgehead atoms. The molecule has 23 heavy (non-hydrogen) atoms. The van der Waals surface area contributed by atoms with Crippen LogP contribution in [0, 0.1) is 0 Å². The summed E-state index contributed by atoms with van der Waals surface area (Å²) in [6.07, 6.45) is 1.61. The van der Waals surface area contributed by atoms with Crippen molar-refractivity contribution in [2.75, 3.05) is 7.11 Å². The van der Waals surface area contributed by atoms with Gasteiger partial charge < -0.3 is 13.6 Å². The maximum atomic E-state index is 11.4. The first-order valence-electron chi connectivity index (χ1n) is 6.99. The summed E-state index contributed by atoms with van der Waals surface area (Å²) in [5.74, 6) is 2.27. The van der Waals surface area contributed by atoms with Gasteiger partial charge >= 0.3 is 5.97 Å². The summed E-state index contributed by atoms with van der Waals surface area (Å²) in [5, 5.41) is 9.14. The first-order chi connectivity index (χ1) is 11.2. The molecule has 0 saturated heterocycles. The second-order valence-corrected chi connectivity index (χ2v) is 5.52. The van der Waals surface area contributed by atoms with Crippen LogP contribution >= 0.6 is 11.8 Å². The van der Waals surface area contributed by atoms with Gasteiger partial charge in [-0.1, -0.05) is 11.8 Å². The molecule has 0 aromatic carbocycles. The number of rotatable bonds is 6. The Labute approximate surface area is 136 Å². The van der Waals surface area contributed by atoms with Gasteiger partial charge in [0.15, 0.2) is 16.7 Å². The number of aromatic nitrogens is 3. The van der Waals surface area contributed by atoms with Gasteiger partial charge in [-0.05, 0) is 31.2 Å². The molecule has 0 radical (unpaired) electrons. The largest absolute Gasteiger partial charge is 0.463 e. The highest BCUT2D eigenvalue weighted by atomic mass is 32.2. The summed E-state index contributed by atoms with van der Waals surface area (Å²) in [4.78, 5) is 11.4. The van der Waals surface area contributed by atoms with Crippen LogP contribution in [0.4, 0.5) is 0 Å². The summed E-state index contributed by atoms with van der Waals surface area (Å²) in [7, 11) is 1.32. The molecule has 0 spiro atoms. The summed E-state index contributed by atoms with van der Waals surface area (Å²) in [6, 6.07) is 7.01. The van der Waals surface area contributed by atoms with Gasteiger partial charge in [-0.25, -0.2) is 4.79 Å². The summed E-state index contributed by atoms with van der Waals surface area (Å²) < 4.78 is 17.4. The number of carbonyl (C=O) groups is 1. The molecule has 7 nitrogen and oxygen atoms in total. The average molecular weight is 333 g/mol. The van der Waals surface area contributed by atoms with E-state index in [2.05, 4.69) is 14.9 Å². The molecular weight excluding hydrogens is 318 g/mol. The number of thioether (sulfide) groups is 1. The molecule has 3 heterocycles. The zero-order chi connectivity index (χ0) is 16.2. The molecule has 0 aliphatic rings. The van der Waals surface area contributed by atoms with Gasteiger partial charge in [0.05, 0.1) is 19.1 Å². The van der Waals surface area contributed by atoms with Crippen molar-refractivity contribution in [3.63, 3.8) is 0 Å². The third-order valence-corrected chi connectivity index (χ3v) is 4.16. The Morgan fingerprint density at radius 3 is 2.91 bits per heavy atom. The van der Waals surface area contributed by atoms with Crippen molar-refractivity contribution in [3.05, 3.63) is 42.0 Å². The minimum Gasteiger partial charge on any atom is -0.463 e. The third-order valence-electron chi connectivity index (χ3n) is 3.17. The van der Waals surface area contributed by atoms with Crippen molar-refractivity contribution in [2.45, 2.75) is 24.4 Å². The lowest BCUT2D eigenvalue weighted by Crippen LogP contribution is -1.99. The van der Waals surface area contributed by atoms with E-state index in [9.17, 15) is 4.79 Å². The van der Waals surface area contributed by atoms with Crippen LogP contribution in [-0.2, 0) is 17.0 Å². The van der Waals surface area contributed by atoms with Gasteiger partial charge in [-0.3, -0.25) is 4.57 Å². The fourth-order valence-electron chi connectivity index (χ4n) is 2.07. The smallest absolute Gasteiger partial charge is 0.373 e. The van der Waals surface area contributed by atoms with E-state index in [0.717, 1.165) is 11.7 Å². The number of hydrogen-bond donors (Lipinski definition) is 0. The zero-order valence-electron chi connectivity index (χ0n) is 12.7. The van der Waals surface area contributed by atoms with Crippen molar-refractivity contribution in [1.82, 2.24) is 14.8 Å². The summed E-state index contributed by atoms with van der Waals surface area (Å²) in [5.41, 5.74) is 0. The van der Waals surface area contributed by atoms with Gasteiger partial charge in [-0.15, -0.1) is 10.2 Å². The molecule has 0 unspecified atom stereocenters. The van der Waals surface area contributed by atoms with E-state index in [-0.39, 0.29) is 5.76 Å². The number of ether oxygens (including phenoxy) is 1. The Balaban J connectivity index is 1.73. The van der Waals surface area contributed by atoms with Crippen molar-refractivity contribution in [3.8, 4) is 11.6 Å². The van der Waals surface area contributed by atoms with Gasteiger partial charge in [0.2, 0.25) is 5.76 Å². The predicted molar refractivity (Wildman–Crippen MR) is 83.0 cm³/mol. The third kappa shape index (κ3) is 3.16. The number of methoxy groups -OCH3 is 1. The molecule has 0 amide bonds. The molecule has 0 N–H and O–H groups in total. The molecular formula is C15H15N3O4S. The molecule has 0 aliphatic heterocycles. The van der Waals surface area contributed by atoms with Gasteiger partial charge in [0.25, 0.3) is 0 Å². The normalized spacial score (nSPS) is 10.9. The van der Waals surface area contributed by atoms with E-state index in [1.54, 1.807) is 18.4 Å². The van der Waals surface area contributed by atoms with Crippen LogP contribution in [0.25, 0.3) is 11.6 Å². The fraction of sp³-hybridized carbons (Fsp3) is 0.267. The van der Waals surface area contributed by atoms with E-state index in [0.29, 0.717) is 23.1 Å². The predicted octanol–water partition coefficient (Wildman–Crippen LogP) is 3.23. The SMILES string of the molecule is CCn1c(SCc2ccc(C(=O)OC)o2)nnc1-c1ccco1. The van der Waals surface area contributed by atoms with Gasteiger partial charge in [0, 0.05) is 6.54 Å². The highest BCUT2D eigenvalue weighted by molar-refractivity contribution is 7.98. The van der Waals surface area contributed by atoms with Crippen LogP contribution < -0.4 is 0 Å². The van der Waals surface area contributed by atoms with Crippen LogP contribution in [0.5, 0.6) is 0 Å². The van der Waals surface area contributed by atoms with Gasteiger partial charge in [-0.2, -0.15) is 0 Å². The maximum Gasteiger partial charge on any atom is 0.373 e. The van der Waals surface area contributed by atoms with Crippen molar-refractivity contribution >= 4 is 17.7 Å². The van der Waals surface area contributed by atoms with E-state index >= 15 is 0 Å². The molecule has 120 valence electrons. The lowest BCUT2D eigenvalue weighted by molar-refractivity contribution is 0.0563. The molecule has 8 heteroatoms. The van der Waals surface area contributed by atoms with E-state index in [4.69, 9.17) is 8.83 Å². The first-order valence-corrected chi connectivity index (χ1v) is 7.98. The van der Waals surface area contributed by atoms with Crippen LogP contribution in [0.1, 0.15) is 23.2 Å². The standard InChI is InChI=1S/C15H15N3O4S/c1-3-18-13(11-5-4-8-21-11)16-17-15(18)23-9-10-6-7-12(22-10)14(19)20-2/h4-8H,3,9H2,1-2H3. The minimum absolute atomic E-state index is 0.191. The number of furan rings is 2. The average Bonchev–Trinajstić information content (AvgIpc) is 3.30. The highest BCUT2D eigenvalue weighted by Gasteiger charge is 2.16. The second-order valence-electron chi connectivity index (χ2n) is 4.57. The van der Waals surface area contributed by atoms with Crippen molar-refractivity contribution in [2.24, 2.45) is 0 Å². The number of esters is 1. The lowest BCUT2D eigenvalue weighted by Gasteiger charge is -2.04. The maximum absolute atomic E-state index is 11.4. The Bertz CT molecular complexity index is 792. The van der Waals surface area contributed by atoms with Crippen molar-refractivity contribution < 1.29 is 18.4 Å². The fourth-order valence-corrected chi connectivity index (χ4v) is 2.97. The van der Waals surface area contributed by atoms with Crippen LogP contribution in [-0.4, -0.2) is 27.8 Å². The number of nitrogens with zero attached hydrogens (tertiary/aromatic N) is 3. The molecule has 0 atom stereocenters. The monoisotopic (exact) mass is 333 g/mol. The Morgan fingerprint density at radius 2 is 2.22 bits per heavy atom. The molecule has 0 saturated carbocycles. The van der Waals surface area contributed by atoms with E-state index in [1.165, 1.54) is 18.9 Å². The number of hydrogen-bond acceptors (Lipinski definition) is 7.